The van der Waals surface area contributed by atoms with E-state index in [1.165, 1.54) is 0 Å². The van der Waals surface area contributed by atoms with Crippen LogP contribution >= 0.6 is 0 Å². The number of rotatable bonds is 11. The van der Waals surface area contributed by atoms with E-state index in [2.05, 4.69) is 20.3 Å². The molecule has 160 valence electrons. The van der Waals surface area contributed by atoms with Gasteiger partial charge in [0.05, 0.1) is 7.11 Å². The van der Waals surface area contributed by atoms with Crippen LogP contribution < -0.4 is 10.1 Å². The van der Waals surface area contributed by atoms with Gasteiger partial charge in [0.25, 0.3) is 0 Å². The first-order chi connectivity index (χ1) is 15.1. The number of aromatic nitrogens is 3. The van der Waals surface area contributed by atoms with Crippen LogP contribution in [-0.4, -0.2) is 27.8 Å². The molecular formula is C25H28N4O2. The first-order valence-electron chi connectivity index (χ1n) is 10.4. The minimum absolute atomic E-state index is 0.114. The number of nitrogens with one attached hydrogen (secondary N) is 1. The summed E-state index contributed by atoms with van der Waals surface area (Å²) >= 11 is 0. The number of ketones is 1. The third-order valence-corrected chi connectivity index (χ3v) is 4.81. The van der Waals surface area contributed by atoms with E-state index in [1.807, 2.05) is 49.4 Å². The molecule has 31 heavy (non-hydrogen) atoms. The first-order valence-corrected chi connectivity index (χ1v) is 10.4. The summed E-state index contributed by atoms with van der Waals surface area (Å²) in [4.78, 5) is 25.0. The number of methoxy groups -OCH3 is 1. The zero-order chi connectivity index (χ0) is 21.9. The smallest absolute Gasteiger partial charge is 0.155 e. The van der Waals surface area contributed by atoms with Crippen LogP contribution in [0.4, 0.5) is 5.82 Å². The summed E-state index contributed by atoms with van der Waals surface area (Å²) in [7, 11) is 1.66. The highest BCUT2D eigenvalue weighted by molar-refractivity contribution is 5.93. The van der Waals surface area contributed by atoms with Gasteiger partial charge in [0.1, 0.15) is 17.4 Å². The fraction of sp³-hybridized carbons (Fsp3) is 0.280. The highest BCUT2D eigenvalue weighted by Crippen LogP contribution is 2.14. The van der Waals surface area contributed by atoms with Crippen molar-refractivity contribution in [2.75, 3.05) is 12.4 Å². The molecule has 2 aromatic heterocycles. The van der Waals surface area contributed by atoms with Crippen LogP contribution in [0.2, 0.25) is 0 Å². The van der Waals surface area contributed by atoms with Gasteiger partial charge in [-0.1, -0.05) is 18.2 Å². The van der Waals surface area contributed by atoms with Crippen molar-refractivity contribution in [3.05, 3.63) is 83.6 Å². The summed E-state index contributed by atoms with van der Waals surface area (Å²) in [5, 5.41) is 3.36. The Morgan fingerprint density at radius 3 is 2.58 bits per heavy atom. The van der Waals surface area contributed by atoms with Crippen LogP contribution in [0, 0.1) is 6.92 Å². The van der Waals surface area contributed by atoms with E-state index in [4.69, 9.17) is 4.74 Å². The Balaban J connectivity index is 1.39. The molecule has 3 rings (SSSR count). The number of hydrogen-bond acceptors (Lipinski definition) is 6. The number of benzene rings is 1. The maximum Gasteiger partial charge on any atom is 0.155 e. The van der Waals surface area contributed by atoms with Crippen LogP contribution in [0.3, 0.4) is 0 Å². The maximum absolute atomic E-state index is 12.0. The number of allylic oxidation sites excluding steroid dienone is 1. The average Bonchev–Trinajstić information content (AvgIpc) is 2.81. The lowest BCUT2D eigenvalue weighted by Gasteiger charge is -2.08. The molecule has 0 fully saturated rings. The fourth-order valence-corrected chi connectivity index (χ4v) is 3.02. The molecule has 3 aromatic rings. The van der Waals surface area contributed by atoms with Crippen molar-refractivity contribution in [3.8, 4) is 5.75 Å². The molecule has 0 radical (unpaired) electrons. The summed E-state index contributed by atoms with van der Waals surface area (Å²) in [5.74, 6) is 2.54. The van der Waals surface area contributed by atoms with Gasteiger partial charge in [-0.3, -0.25) is 4.79 Å². The van der Waals surface area contributed by atoms with E-state index >= 15 is 0 Å². The summed E-state index contributed by atoms with van der Waals surface area (Å²) in [5.41, 5.74) is 3.03. The standard InChI is InChI=1S/C25H28N4O2/c1-19-26-17-21(18-27-19)10-13-23(30)8-4-3-6-22-7-5-9-25(29-22)28-16-20-11-14-24(31-2)15-12-20/h5,7,9-15,17-18H,3-4,6,8,16H2,1-2H3,(H,28,29)/b13-10+. The molecule has 2 heterocycles. The molecule has 0 saturated carbocycles. The second-order valence-corrected chi connectivity index (χ2v) is 7.29. The lowest BCUT2D eigenvalue weighted by molar-refractivity contribution is -0.114. The molecule has 0 aliphatic carbocycles. The van der Waals surface area contributed by atoms with Gasteiger partial charge in [-0.15, -0.1) is 0 Å². The highest BCUT2D eigenvalue weighted by Gasteiger charge is 2.02. The van der Waals surface area contributed by atoms with Gasteiger partial charge in [0.15, 0.2) is 5.78 Å². The molecular weight excluding hydrogens is 388 g/mol. The van der Waals surface area contributed by atoms with Crippen molar-refractivity contribution in [3.63, 3.8) is 0 Å². The van der Waals surface area contributed by atoms with Gasteiger partial charge in [-0.25, -0.2) is 15.0 Å². The highest BCUT2D eigenvalue weighted by atomic mass is 16.5. The summed E-state index contributed by atoms with van der Waals surface area (Å²) < 4.78 is 5.18. The molecule has 6 heteroatoms. The number of carbonyl (C=O) groups excluding carboxylic acids is 1. The molecule has 0 atom stereocenters. The van der Waals surface area contributed by atoms with Crippen molar-refractivity contribution in [1.82, 2.24) is 15.0 Å². The molecule has 0 aliphatic heterocycles. The van der Waals surface area contributed by atoms with E-state index in [1.54, 1.807) is 31.7 Å². The summed E-state index contributed by atoms with van der Waals surface area (Å²) in [6, 6.07) is 14.0. The van der Waals surface area contributed by atoms with Crippen LogP contribution in [0.1, 0.15) is 41.9 Å². The van der Waals surface area contributed by atoms with Gasteiger partial charge in [0.2, 0.25) is 0 Å². The number of anilines is 1. The molecule has 0 bridgehead atoms. The van der Waals surface area contributed by atoms with Crippen molar-refractivity contribution in [2.45, 2.75) is 39.2 Å². The molecule has 0 aliphatic rings. The monoisotopic (exact) mass is 416 g/mol. The van der Waals surface area contributed by atoms with E-state index < -0.39 is 0 Å². The lowest BCUT2D eigenvalue weighted by Crippen LogP contribution is -2.03. The van der Waals surface area contributed by atoms with Crippen LogP contribution in [0.25, 0.3) is 6.08 Å². The van der Waals surface area contributed by atoms with Crippen molar-refractivity contribution >= 4 is 17.7 Å². The number of carbonyl (C=O) groups is 1. The SMILES string of the molecule is COc1ccc(CNc2cccc(CCCCC(=O)/C=C/c3cnc(C)nc3)n2)cc1. The Morgan fingerprint density at radius 1 is 1.06 bits per heavy atom. The predicted octanol–water partition coefficient (Wildman–Crippen LogP) is 4.80. The Kier molecular flexibility index (Phi) is 8.29. The minimum atomic E-state index is 0.114. The minimum Gasteiger partial charge on any atom is -0.497 e. The number of aryl methyl sites for hydroxylation is 2. The van der Waals surface area contributed by atoms with E-state index in [9.17, 15) is 4.79 Å². The molecule has 0 saturated heterocycles. The van der Waals surface area contributed by atoms with Gasteiger partial charge >= 0.3 is 0 Å². The third kappa shape index (κ3) is 7.66. The average molecular weight is 417 g/mol. The lowest BCUT2D eigenvalue weighted by atomic mass is 10.1. The zero-order valence-electron chi connectivity index (χ0n) is 18.0. The van der Waals surface area contributed by atoms with Crippen LogP contribution in [0.15, 0.2) is 60.9 Å². The first kappa shape index (κ1) is 22.2. The van der Waals surface area contributed by atoms with Crippen molar-refractivity contribution in [1.29, 1.82) is 0 Å². The number of nitrogens with zero attached hydrogens (tertiary/aromatic N) is 3. The summed E-state index contributed by atoms with van der Waals surface area (Å²) in [6.07, 6.45) is 9.93. The molecule has 1 N–H and O–H groups in total. The predicted molar refractivity (Wildman–Crippen MR) is 123 cm³/mol. The van der Waals surface area contributed by atoms with Gasteiger partial charge in [-0.2, -0.15) is 0 Å². The zero-order valence-corrected chi connectivity index (χ0v) is 18.0. The quantitative estimate of drug-likeness (QED) is 0.357. The molecule has 0 spiro atoms. The molecule has 0 amide bonds. The van der Waals surface area contributed by atoms with Crippen molar-refractivity contribution in [2.24, 2.45) is 0 Å². The van der Waals surface area contributed by atoms with Gasteiger partial charge in [0, 0.05) is 36.6 Å². The molecule has 1 aromatic carbocycles. The Morgan fingerprint density at radius 2 is 1.84 bits per heavy atom. The number of hydrogen-bond donors (Lipinski definition) is 1. The van der Waals surface area contributed by atoms with Gasteiger partial charge in [-0.05, 0) is 68.2 Å². The van der Waals surface area contributed by atoms with E-state index in [0.717, 1.165) is 53.5 Å². The maximum atomic E-state index is 12.0. The second kappa shape index (κ2) is 11.6. The van der Waals surface area contributed by atoms with Gasteiger partial charge < -0.3 is 10.1 Å². The number of pyridine rings is 1. The van der Waals surface area contributed by atoms with Crippen LogP contribution in [-0.2, 0) is 17.8 Å². The van der Waals surface area contributed by atoms with E-state index in [-0.39, 0.29) is 5.78 Å². The Bertz CT molecular complexity index is 999. The topological polar surface area (TPSA) is 77.0 Å². The number of unbranched alkanes of at least 4 members (excludes halogenated alkanes) is 1. The fourth-order valence-electron chi connectivity index (χ4n) is 3.02. The summed E-state index contributed by atoms with van der Waals surface area (Å²) in [6.45, 7) is 2.54. The van der Waals surface area contributed by atoms with Crippen molar-refractivity contribution < 1.29 is 9.53 Å². The Hall–Kier alpha value is -3.54. The second-order valence-electron chi connectivity index (χ2n) is 7.29. The third-order valence-electron chi connectivity index (χ3n) is 4.81. The molecule has 0 unspecified atom stereocenters. The normalized spacial score (nSPS) is 10.9. The number of ether oxygens (including phenoxy) is 1. The Labute approximate surface area is 183 Å². The molecule has 6 nitrogen and oxygen atoms in total. The largest absolute Gasteiger partial charge is 0.497 e. The van der Waals surface area contributed by atoms with E-state index in [0.29, 0.717) is 13.0 Å². The van der Waals surface area contributed by atoms with Crippen LogP contribution in [0.5, 0.6) is 5.75 Å².